The van der Waals surface area contributed by atoms with Gasteiger partial charge in [0.2, 0.25) is 0 Å². The van der Waals surface area contributed by atoms with Crippen molar-refractivity contribution < 1.29 is 4.48 Å². The predicted molar refractivity (Wildman–Crippen MR) is 52.3 cm³/mol. The van der Waals surface area contributed by atoms with Gasteiger partial charge in [-0.3, -0.25) is 4.48 Å². The molecule has 0 aromatic rings. The zero-order valence-corrected chi connectivity index (χ0v) is 8.58. The zero-order chi connectivity index (χ0) is 9.03. The Bertz CT molecular complexity index is 165. The largest absolute Gasteiger partial charge is 0.329 e. The normalized spacial score (nSPS) is 28.4. The van der Waals surface area contributed by atoms with Crippen molar-refractivity contribution in [2.75, 3.05) is 27.3 Å². The molecule has 1 unspecified atom stereocenters. The van der Waals surface area contributed by atoms with Crippen LogP contribution in [0.4, 0.5) is 0 Å². The first-order valence-corrected chi connectivity index (χ1v) is 4.90. The maximum atomic E-state index is 2.30. The third-order valence-electron chi connectivity index (χ3n) is 2.50. The van der Waals surface area contributed by atoms with Gasteiger partial charge in [-0.25, -0.2) is 0 Å². The number of hydrogen-bond acceptors (Lipinski definition) is 1. The van der Waals surface area contributed by atoms with Gasteiger partial charge in [0.05, 0.1) is 19.8 Å². The number of unbranched alkanes of at least 4 members (excludes halogenated alkanes) is 2. The Kier molecular flexibility index (Phi) is 3.15. The van der Waals surface area contributed by atoms with Crippen LogP contribution in [0.2, 0.25) is 0 Å². The molecular formula is C10H21N2+. The molecule has 1 heterocycles. The molecule has 0 saturated carbocycles. The molecule has 12 heavy (non-hydrogen) atoms. The van der Waals surface area contributed by atoms with Crippen LogP contribution in [0.15, 0.2) is 12.4 Å². The van der Waals surface area contributed by atoms with Gasteiger partial charge in [0.25, 0.3) is 0 Å². The number of nitrogens with zero attached hydrogens (tertiary/aromatic N) is 2. The van der Waals surface area contributed by atoms with E-state index in [1.54, 1.807) is 0 Å². The average molecular weight is 169 g/mol. The molecule has 1 aliphatic rings. The van der Waals surface area contributed by atoms with Crippen molar-refractivity contribution in [1.82, 2.24) is 4.90 Å². The van der Waals surface area contributed by atoms with E-state index in [0.29, 0.717) is 0 Å². The third kappa shape index (κ3) is 2.52. The molecule has 0 amide bonds. The van der Waals surface area contributed by atoms with E-state index in [0.717, 1.165) is 11.2 Å². The van der Waals surface area contributed by atoms with Gasteiger partial charge < -0.3 is 4.90 Å². The van der Waals surface area contributed by atoms with Crippen LogP contribution < -0.4 is 0 Å². The van der Waals surface area contributed by atoms with Crippen LogP contribution in [0.25, 0.3) is 0 Å². The van der Waals surface area contributed by atoms with Crippen molar-refractivity contribution in [2.24, 2.45) is 0 Å². The molecule has 2 nitrogen and oxygen atoms in total. The maximum absolute atomic E-state index is 2.30. The minimum absolute atomic E-state index is 1.09. The fraction of sp³-hybridized carbons (Fsp3) is 0.800. The minimum atomic E-state index is 1.09. The molecule has 1 rings (SSSR count). The molecule has 0 spiro atoms. The van der Waals surface area contributed by atoms with E-state index in [4.69, 9.17) is 0 Å². The highest BCUT2D eigenvalue weighted by Gasteiger charge is 2.24. The highest BCUT2D eigenvalue weighted by Crippen LogP contribution is 2.14. The van der Waals surface area contributed by atoms with Gasteiger partial charge in [-0.15, -0.1) is 0 Å². The molecule has 0 aliphatic carbocycles. The first kappa shape index (κ1) is 9.59. The average Bonchev–Trinajstić information content (AvgIpc) is 2.32. The summed E-state index contributed by atoms with van der Waals surface area (Å²) in [6.45, 7) is 4.68. The monoisotopic (exact) mass is 169 g/mol. The highest BCUT2D eigenvalue weighted by molar-refractivity contribution is 4.78. The van der Waals surface area contributed by atoms with Gasteiger partial charge in [0.1, 0.15) is 6.20 Å². The smallest absolute Gasteiger partial charge is 0.158 e. The summed E-state index contributed by atoms with van der Waals surface area (Å²) in [4.78, 5) is 2.26. The van der Waals surface area contributed by atoms with Crippen molar-refractivity contribution in [3.05, 3.63) is 12.4 Å². The quantitative estimate of drug-likeness (QED) is 0.459. The van der Waals surface area contributed by atoms with Crippen LogP contribution >= 0.6 is 0 Å². The van der Waals surface area contributed by atoms with E-state index < -0.39 is 0 Å². The van der Waals surface area contributed by atoms with Crippen LogP contribution in [0.1, 0.15) is 26.2 Å². The van der Waals surface area contributed by atoms with E-state index >= 15 is 0 Å². The highest BCUT2D eigenvalue weighted by atomic mass is 15.4. The summed E-state index contributed by atoms with van der Waals surface area (Å²) in [7, 11) is 4.44. The first-order chi connectivity index (χ1) is 5.66. The second kappa shape index (κ2) is 3.94. The standard InChI is InChI=1S/C10H21N2/c1-4-5-6-8-12(3)9-7-11(2)10-12/h7,9H,4-6,8,10H2,1-3H3/q+1. The second-order valence-corrected chi connectivity index (χ2v) is 4.11. The maximum Gasteiger partial charge on any atom is 0.158 e. The van der Waals surface area contributed by atoms with Gasteiger partial charge in [-0.2, -0.15) is 0 Å². The number of quaternary nitrogens is 1. The molecule has 0 saturated heterocycles. The first-order valence-electron chi connectivity index (χ1n) is 4.90. The fourth-order valence-corrected chi connectivity index (χ4v) is 1.75. The fourth-order valence-electron chi connectivity index (χ4n) is 1.75. The summed E-state index contributed by atoms with van der Waals surface area (Å²) in [6.07, 6.45) is 8.53. The topological polar surface area (TPSA) is 3.24 Å². The van der Waals surface area contributed by atoms with Crippen LogP contribution in [-0.2, 0) is 0 Å². The number of rotatable bonds is 4. The third-order valence-corrected chi connectivity index (χ3v) is 2.50. The Morgan fingerprint density at radius 3 is 2.67 bits per heavy atom. The molecule has 0 aromatic heterocycles. The van der Waals surface area contributed by atoms with E-state index in [2.05, 4.69) is 38.3 Å². The summed E-state index contributed by atoms with van der Waals surface area (Å²) in [5.41, 5.74) is 0. The lowest BCUT2D eigenvalue weighted by molar-refractivity contribution is -0.861. The molecule has 70 valence electrons. The molecular weight excluding hydrogens is 148 g/mol. The Labute approximate surface area is 76.1 Å². The molecule has 0 radical (unpaired) electrons. The Hall–Kier alpha value is -0.500. The van der Waals surface area contributed by atoms with Crippen molar-refractivity contribution in [3.63, 3.8) is 0 Å². The summed E-state index contributed by atoms with van der Waals surface area (Å²) in [5.74, 6) is 0. The van der Waals surface area contributed by atoms with Crippen LogP contribution in [-0.4, -0.2) is 36.7 Å². The molecule has 1 atom stereocenters. The summed E-state index contributed by atoms with van der Waals surface area (Å²) in [5, 5.41) is 0. The lowest BCUT2D eigenvalue weighted by Crippen LogP contribution is -2.40. The summed E-state index contributed by atoms with van der Waals surface area (Å²) < 4.78 is 1.09. The van der Waals surface area contributed by atoms with E-state index in [1.165, 1.54) is 25.8 Å². The van der Waals surface area contributed by atoms with Gasteiger partial charge >= 0.3 is 0 Å². The van der Waals surface area contributed by atoms with Gasteiger partial charge in [0.15, 0.2) is 6.67 Å². The van der Waals surface area contributed by atoms with E-state index in [9.17, 15) is 0 Å². The second-order valence-electron chi connectivity index (χ2n) is 4.11. The molecule has 0 bridgehead atoms. The molecule has 1 aliphatic heterocycles. The van der Waals surface area contributed by atoms with Crippen molar-refractivity contribution in [1.29, 1.82) is 0 Å². The van der Waals surface area contributed by atoms with Crippen LogP contribution in [0.5, 0.6) is 0 Å². The Balaban J connectivity index is 2.26. The van der Waals surface area contributed by atoms with Gasteiger partial charge in [-0.05, 0) is 12.8 Å². The van der Waals surface area contributed by atoms with Crippen LogP contribution in [0.3, 0.4) is 0 Å². The van der Waals surface area contributed by atoms with E-state index in [-0.39, 0.29) is 0 Å². The van der Waals surface area contributed by atoms with E-state index in [1.807, 2.05) is 0 Å². The Morgan fingerprint density at radius 2 is 2.17 bits per heavy atom. The zero-order valence-electron chi connectivity index (χ0n) is 8.58. The van der Waals surface area contributed by atoms with Crippen molar-refractivity contribution in [3.8, 4) is 0 Å². The minimum Gasteiger partial charge on any atom is -0.329 e. The van der Waals surface area contributed by atoms with Gasteiger partial charge in [-0.1, -0.05) is 13.3 Å². The number of hydrogen-bond donors (Lipinski definition) is 0. The predicted octanol–water partition coefficient (Wildman–Crippen LogP) is 2.00. The van der Waals surface area contributed by atoms with Crippen molar-refractivity contribution >= 4 is 0 Å². The molecule has 0 fully saturated rings. The summed E-state index contributed by atoms with van der Waals surface area (Å²) >= 11 is 0. The SMILES string of the molecule is CCCCC[N+]1(C)C=CN(C)C1. The van der Waals surface area contributed by atoms with Crippen LogP contribution in [0, 0.1) is 0 Å². The lowest BCUT2D eigenvalue weighted by Gasteiger charge is -2.27. The molecule has 2 heteroatoms. The summed E-state index contributed by atoms with van der Waals surface area (Å²) in [6, 6.07) is 0. The van der Waals surface area contributed by atoms with Gasteiger partial charge in [0, 0.05) is 7.05 Å². The molecule has 0 aromatic carbocycles. The Morgan fingerprint density at radius 1 is 1.42 bits per heavy atom. The molecule has 0 N–H and O–H groups in total. The lowest BCUT2D eigenvalue weighted by atomic mass is 10.2. The van der Waals surface area contributed by atoms with Crippen molar-refractivity contribution in [2.45, 2.75) is 26.2 Å².